The van der Waals surface area contributed by atoms with Crippen LogP contribution in [0, 0.1) is 0 Å². The minimum atomic E-state index is -0.519. The number of ether oxygens (including phenoxy) is 1. The molecule has 0 bridgehead atoms. The first-order valence-corrected chi connectivity index (χ1v) is 7.71. The Morgan fingerprint density at radius 2 is 1.95 bits per heavy atom. The first-order chi connectivity index (χ1) is 10.2. The molecule has 0 radical (unpaired) electrons. The fourth-order valence-corrected chi connectivity index (χ4v) is 3.10. The van der Waals surface area contributed by atoms with E-state index in [9.17, 15) is 4.79 Å². The van der Waals surface area contributed by atoms with Crippen molar-refractivity contribution in [1.82, 2.24) is 4.90 Å². The summed E-state index contributed by atoms with van der Waals surface area (Å²) >= 11 is 0. The van der Waals surface area contributed by atoms with E-state index in [2.05, 4.69) is 6.07 Å². The van der Waals surface area contributed by atoms with E-state index in [1.165, 1.54) is 5.56 Å². The normalized spacial score (nSPS) is 17.4. The second-order valence-corrected chi connectivity index (χ2v) is 7.35. The molecule has 1 amide bonds. The summed E-state index contributed by atoms with van der Waals surface area (Å²) < 4.78 is 11.6. The topological polar surface area (TPSA) is 42.7 Å². The van der Waals surface area contributed by atoms with Gasteiger partial charge in [-0.05, 0) is 47.1 Å². The van der Waals surface area contributed by atoms with E-state index >= 15 is 0 Å². The molecule has 1 aromatic heterocycles. The molecule has 118 valence electrons. The number of furan rings is 1. The lowest BCUT2D eigenvalue weighted by molar-refractivity contribution is -0.00479. The first kappa shape index (κ1) is 14.9. The Labute approximate surface area is 131 Å². The molecule has 4 nitrogen and oxygen atoms in total. The van der Waals surface area contributed by atoms with Crippen molar-refractivity contribution < 1.29 is 13.9 Å². The van der Waals surface area contributed by atoms with Gasteiger partial charge in [-0.25, -0.2) is 4.79 Å². The SMILES string of the molecule is CC(C)(C)OC(=O)N1CCc2c(oc3ccccc23)C1(C)C. The molecule has 1 aliphatic heterocycles. The average molecular weight is 301 g/mol. The van der Waals surface area contributed by atoms with E-state index in [-0.39, 0.29) is 6.09 Å². The van der Waals surface area contributed by atoms with E-state index < -0.39 is 11.1 Å². The molecular weight excluding hydrogens is 278 g/mol. The summed E-state index contributed by atoms with van der Waals surface area (Å²) in [6, 6.07) is 8.04. The standard InChI is InChI=1S/C18H23NO3/c1-17(2,3)22-16(20)19-11-10-13-12-8-6-7-9-14(12)21-15(13)18(19,4)5/h6-9H,10-11H2,1-5H3. The van der Waals surface area contributed by atoms with Gasteiger partial charge in [-0.2, -0.15) is 0 Å². The van der Waals surface area contributed by atoms with Crippen LogP contribution in [-0.4, -0.2) is 23.1 Å². The maximum atomic E-state index is 12.5. The Bertz CT molecular complexity index is 721. The number of hydrogen-bond donors (Lipinski definition) is 0. The lowest BCUT2D eigenvalue weighted by Crippen LogP contribution is -2.51. The Balaban J connectivity index is 2.01. The molecule has 0 atom stereocenters. The Kier molecular flexibility index (Phi) is 3.24. The van der Waals surface area contributed by atoms with Crippen LogP contribution in [0.4, 0.5) is 4.79 Å². The van der Waals surface area contributed by atoms with Gasteiger partial charge in [0.1, 0.15) is 16.9 Å². The van der Waals surface area contributed by atoms with Crippen molar-refractivity contribution in [1.29, 1.82) is 0 Å². The highest BCUT2D eigenvalue weighted by atomic mass is 16.6. The molecule has 0 spiro atoms. The molecule has 2 aromatic rings. The van der Waals surface area contributed by atoms with Gasteiger partial charge in [-0.1, -0.05) is 18.2 Å². The van der Waals surface area contributed by atoms with Crippen LogP contribution in [0.2, 0.25) is 0 Å². The summed E-state index contributed by atoms with van der Waals surface area (Å²) in [4.78, 5) is 14.3. The first-order valence-electron chi connectivity index (χ1n) is 7.71. The number of hydrogen-bond acceptors (Lipinski definition) is 3. The molecule has 1 aliphatic rings. The van der Waals surface area contributed by atoms with Crippen LogP contribution in [0.3, 0.4) is 0 Å². The summed E-state index contributed by atoms with van der Waals surface area (Å²) in [5, 5.41) is 1.15. The Morgan fingerprint density at radius 3 is 2.64 bits per heavy atom. The highest BCUT2D eigenvalue weighted by Crippen LogP contribution is 2.41. The maximum Gasteiger partial charge on any atom is 0.411 e. The molecule has 3 rings (SSSR count). The molecule has 2 heterocycles. The van der Waals surface area contributed by atoms with Gasteiger partial charge in [0.05, 0.1) is 5.54 Å². The summed E-state index contributed by atoms with van der Waals surface area (Å²) in [6.07, 6.45) is 0.498. The largest absolute Gasteiger partial charge is 0.458 e. The molecule has 0 aliphatic carbocycles. The number of rotatable bonds is 0. The van der Waals surface area contributed by atoms with Crippen molar-refractivity contribution in [3.05, 3.63) is 35.6 Å². The summed E-state index contributed by atoms with van der Waals surface area (Å²) in [5.41, 5.74) is 1.07. The Morgan fingerprint density at radius 1 is 1.27 bits per heavy atom. The smallest absolute Gasteiger partial charge is 0.411 e. The molecule has 4 heteroatoms. The van der Waals surface area contributed by atoms with E-state index in [4.69, 9.17) is 9.15 Å². The lowest BCUT2D eigenvalue weighted by Gasteiger charge is -2.41. The number of amides is 1. The highest BCUT2D eigenvalue weighted by Gasteiger charge is 2.43. The second kappa shape index (κ2) is 4.77. The molecule has 0 fully saturated rings. The molecule has 0 saturated heterocycles. The van der Waals surface area contributed by atoms with Gasteiger partial charge < -0.3 is 9.15 Å². The van der Waals surface area contributed by atoms with Gasteiger partial charge in [-0.15, -0.1) is 0 Å². The number of carbonyl (C=O) groups is 1. The molecule has 0 N–H and O–H groups in total. The van der Waals surface area contributed by atoms with Crippen molar-refractivity contribution in [2.24, 2.45) is 0 Å². The zero-order valence-corrected chi connectivity index (χ0v) is 13.9. The van der Waals surface area contributed by atoms with Gasteiger partial charge in [0.2, 0.25) is 0 Å². The van der Waals surface area contributed by atoms with Crippen molar-refractivity contribution in [2.75, 3.05) is 6.54 Å². The number of carbonyl (C=O) groups excluding carboxylic acids is 1. The third-order valence-electron chi connectivity index (χ3n) is 4.13. The number of benzene rings is 1. The van der Waals surface area contributed by atoms with Crippen LogP contribution in [0.1, 0.15) is 45.9 Å². The second-order valence-electron chi connectivity index (χ2n) is 7.35. The van der Waals surface area contributed by atoms with E-state index in [1.807, 2.05) is 52.8 Å². The molecule has 1 aromatic carbocycles. The molecular formula is C18H23NO3. The summed E-state index contributed by atoms with van der Waals surface area (Å²) in [6.45, 7) is 10.3. The van der Waals surface area contributed by atoms with Crippen LogP contribution < -0.4 is 0 Å². The number of para-hydroxylation sites is 1. The van der Waals surface area contributed by atoms with E-state index in [0.29, 0.717) is 6.54 Å². The fraction of sp³-hybridized carbons (Fsp3) is 0.500. The highest BCUT2D eigenvalue weighted by molar-refractivity contribution is 5.83. The predicted molar refractivity (Wildman–Crippen MR) is 85.9 cm³/mol. The van der Waals surface area contributed by atoms with Gasteiger partial charge in [-0.3, -0.25) is 4.90 Å². The minimum Gasteiger partial charge on any atom is -0.458 e. The fourth-order valence-electron chi connectivity index (χ4n) is 3.10. The zero-order valence-electron chi connectivity index (χ0n) is 13.9. The van der Waals surface area contributed by atoms with Crippen LogP contribution >= 0.6 is 0 Å². The molecule has 0 unspecified atom stereocenters. The van der Waals surface area contributed by atoms with Crippen LogP contribution in [0.5, 0.6) is 0 Å². The van der Waals surface area contributed by atoms with Gasteiger partial charge in [0.25, 0.3) is 0 Å². The van der Waals surface area contributed by atoms with Gasteiger partial charge in [0, 0.05) is 17.5 Å². The van der Waals surface area contributed by atoms with E-state index in [0.717, 1.165) is 23.2 Å². The van der Waals surface area contributed by atoms with Crippen molar-refractivity contribution in [3.63, 3.8) is 0 Å². The van der Waals surface area contributed by atoms with Gasteiger partial charge in [0.15, 0.2) is 0 Å². The van der Waals surface area contributed by atoms with Crippen LogP contribution in [-0.2, 0) is 16.7 Å². The predicted octanol–water partition coefficient (Wildman–Crippen LogP) is 4.46. The van der Waals surface area contributed by atoms with Crippen molar-refractivity contribution >= 4 is 17.1 Å². The summed E-state index contributed by atoms with van der Waals surface area (Å²) in [7, 11) is 0. The minimum absolute atomic E-state index is 0.288. The average Bonchev–Trinajstić information content (AvgIpc) is 2.77. The summed E-state index contributed by atoms with van der Waals surface area (Å²) in [5.74, 6) is 0.866. The third kappa shape index (κ3) is 2.36. The number of nitrogens with zero attached hydrogens (tertiary/aromatic N) is 1. The van der Waals surface area contributed by atoms with E-state index in [1.54, 1.807) is 4.90 Å². The molecule has 22 heavy (non-hydrogen) atoms. The quantitative estimate of drug-likeness (QED) is 0.721. The Hall–Kier alpha value is -1.97. The number of fused-ring (bicyclic) bond motifs is 3. The maximum absolute atomic E-state index is 12.5. The van der Waals surface area contributed by atoms with Crippen LogP contribution in [0.25, 0.3) is 11.0 Å². The zero-order chi connectivity index (χ0) is 16.1. The van der Waals surface area contributed by atoms with Crippen molar-refractivity contribution in [2.45, 2.75) is 52.2 Å². The lowest BCUT2D eigenvalue weighted by atomic mass is 9.89. The third-order valence-corrected chi connectivity index (χ3v) is 4.13. The molecule has 0 saturated carbocycles. The van der Waals surface area contributed by atoms with Crippen molar-refractivity contribution in [3.8, 4) is 0 Å². The van der Waals surface area contributed by atoms with Gasteiger partial charge >= 0.3 is 6.09 Å². The monoisotopic (exact) mass is 301 g/mol. The van der Waals surface area contributed by atoms with Crippen LogP contribution in [0.15, 0.2) is 28.7 Å².